The molecule has 17 aromatic rings. The smallest absolute Gasteiger partial charge is 0.175 e. The van der Waals surface area contributed by atoms with E-state index in [1.807, 2.05) is 100 Å². The molecule has 0 fully saturated rings. The van der Waals surface area contributed by atoms with Gasteiger partial charge in [-0.25, -0.2) is 29.9 Å². The van der Waals surface area contributed by atoms with Crippen molar-refractivity contribution >= 4 is 129 Å². The Bertz CT molecular complexity index is 5010. The number of furan rings is 1. The summed E-state index contributed by atoms with van der Waals surface area (Å²) in [6, 6.07) is 66.7. The normalized spacial score (nSPS) is 11.2. The number of benzene rings is 7. The first-order valence-electron chi connectivity index (χ1n) is 26.9. The first-order chi connectivity index (χ1) is 40.3. The molecule has 0 aliphatic rings. The molecule has 396 valence electrons. The van der Waals surface area contributed by atoms with Crippen LogP contribution >= 0.6 is 22.7 Å². The number of nitrogens with zero attached hydrogens (tertiary/aromatic N) is 10. The van der Waals surface area contributed by atoms with E-state index in [-0.39, 0.29) is 0 Å². The zero-order valence-corrected chi connectivity index (χ0v) is 47.2. The summed E-state index contributed by atoms with van der Waals surface area (Å²) < 4.78 is 15.2. The lowest BCUT2D eigenvalue weighted by Crippen LogP contribution is -1.94. The van der Waals surface area contributed by atoms with E-state index in [9.17, 15) is 0 Å². The van der Waals surface area contributed by atoms with Crippen LogP contribution in [0.1, 0.15) is 28.3 Å². The number of fused-ring (bicyclic) bond motifs is 15. The molecule has 10 aromatic heterocycles. The molecule has 0 bridgehead atoms. The van der Waals surface area contributed by atoms with E-state index in [0.717, 1.165) is 77.1 Å². The van der Waals surface area contributed by atoms with E-state index in [4.69, 9.17) is 4.42 Å². The van der Waals surface area contributed by atoms with Crippen molar-refractivity contribution in [2.75, 3.05) is 0 Å². The molecule has 7 aromatic carbocycles. The van der Waals surface area contributed by atoms with Gasteiger partial charge in [-0.2, -0.15) is 0 Å². The van der Waals surface area contributed by atoms with E-state index in [1.54, 1.807) is 35.3 Å². The summed E-state index contributed by atoms with van der Waals surface area (Å²) in [5.41, 5.74) is 18.4. The topological polar surface area (TPSA) is 126 Å². The van der Waals surface area contributed by atoms with Crippen molar-refractivity contribution in [1.29, 1.82) is 0 Å². The predicted octanol–water partition coefficient (Wildman–Crippen LogP) is 18.0. The number of pyridine rings is 2. The molecular formula is C69H52N10OS2. The summed E-state index contributed by atoms with van der Waals surface area (Å²) in [6.45, 7) is 10.2. The summed E-state index contributed by atoms with van der Waals surface area (Å²) >= 11 is 3.51. The van der Waals surface area contributed by atoms with Crippen LogP contribution in [-0.4, -0.2) is 49.0 Å². The summed E-state index contributed by atoms with van der Waals surface area (Å²) in [6.07, 6.45) is 8.83. The third-order valence-electron chi connectivity index (χ3n) is 14.4. The molecule has 11 nitrogen and oxygen atoms in total. The van der Waals surface area contributed by atoms with Gasteiger partial charge in [-0.3, -0.25) is 9.97 Å². The van der Waals surface area contributed by atoms with Crippen molar-refractivity contribution in [2.45, 2.75) is 34.6 Å². The molecule has 0 atom stereocenters. The van der Waals surface area contributed by atoms with Crippen LogP contribution in [0.2, 0.25) is 0 Å². The standard InChI is InChI=1S/2C18H14N2.C11H8N2O.2C11H8N2S/c1-13-7-5-10-15-17-16(11-6-12-19-17)20(18(13)15)14-8-3-2-4-9-14;1-13-9-10-15-17(12-13)20(14-6-3-2-4-7-14)16-8-5-11-19-18(15)16;2*1-7-11-10(13-6-12-7)8-4-2-3-5-9(8)14-11;1-7-12-6-10-11(13-7)8-4-2-3-5-9(8)14-10/h2*2-12H,1H3;3*2-6H,1H3. The molecule has 0 N–H and O–H groups in total. The van der Waals surface area contributed by atoms with Crippen molar-refractivity contribution in [2.24, 2.45) is 0 Å². The second kappa shape index (κ2) is 22.2. The molecule has 13 heteroatoms. The van der Waals surface area contributed by atoms with Crippen molar-refractivity contribution in [3.05, 3.63) is 254 Å². The highest BCUT2D eigenvalue weighted by Crippen LogP contribution is 2.36. The van der Waals surface area contributed by atoms with Gasteiger partial charge in [0.15, 0.2) is 5.58 Å². The number of para-hydroxylation sites is 4. The average molecular weight is 1100 g/mol. The quantitative estimate of drug-likeness (QED) is 0.166. The molecule has 10 heterocycles. The van der Waals surface area contributed by atoms with Gasteiger partial charge in [0.1, 0.15) is 29.6 Å². The second-order valence-electron chi connectivity index (χ2n) is 19.8. The Hall–Kier alpha value is -10.1. The van der Waals surface area contributed by atoms with Crippen molar-refractivity contribution in [1.82, 2.24) is 49.0 Å². The molecule has 17 rings (SSSR count). The predicted molar refractivity (Wildman–Crippen MR) is 340 cm³/mol. The largest absolute Gasteiger partial charge is 0.452 e. The van der Waals surface area contributed by atoms with Gasteiger partial charge in [-0.15, -0.1) is 22.7 Å². The second-order valence-corrected chi connectivity index (χ2v) is 21.9. The number of hydrogen-bond donors (Lipinski definition) is 0. The van der Waals surface area contributed by atoms with Crippen LogP contribution in [0.4, 0.5) is 0 Å². The Kier molecular flexibility index (Phi) is 13.9. The molecule has 0 radical (unpaired) electrons. The van der Waals surface area contributed by atoms with Crippen LogP contribution in [0.3, 0.4) is 0 Å². The first kappa shape index (κ1) is 51.4. The number of aryl methyl sites for hydroxylation is 5. The van der Waals surface area contributed by atoms with Crippen LogP contribution in [0.25, 0.3) is 118 Å². The Morgan fingerprint density at radius 3 is 1.71 bits per heavy atom. The fraction of sp³-hybridized carbons (Fsp3) is 0.0725. The maximum Gasteiger partial charge on any atom is 0.175 e. The van der Waals surface area contributed by atoms with E-state index >= 15 is 0 Å². The highest BCUT2D eigenvalue weighted by Gasteiger charge is 2.16. The van der Waals surface area contributed by atoms with Gasteiger partial charge in [0, 0.05) is 66.3 Å². The van der Waals surface area contributed by atoms with Crippen molar-refractivity contribution in [3.8, 4) is 11.4 Å². The van der Waals surface area contributed by atoms with Crippen LogP contribution in [0, 0.1) is 34.6 Å². The van der Waals surface area contributed by atoms with Crippen molar-refractivity contribution < 1.29 is 4.42 Å². The molecule has 0 aliphatic carbocycles. The number of hydrogen-bond acceptors (Lipinski definition) is 11. The highest BCUT2D eigenvalue weighted by atomic mass is 32.1. The Morgan fingerprint density at radius 1 is 0.390 bits per heavy atom. The van der Waals surface area contributed by atoms with Gasteiger partial charge in [0.25, 0.3) is 0 Å². The highest BCUT2D eigenvalue weighted by molar-refractivity contribution is 7.26. The number of thiophene rings is 2. The molecule has 0 saturated carbocycles. The summed E-state index contributed by atoms with van der Waals surface area (Å²) in [4.78, 5) is 34.7. The minimum atomic E-state index is 0.786. The molecular weight excluding hydrogens is 1050 g/mol. The number of rotatable bonds is 2. The van der Waals surface area contributed by atoms with Crippen LogP contribution in [0.5, 0.6) is 0 Å². The lowest BCUT2D eigenvalue weighted by molar-refractivity contribution is 0.661. The van der Waals surface area contributed by atoms with E-state index in [2.05, 4.69) is 196 Å². The average Bonchev–Trinajstić information content (AvgIpc) is 4.53. The molecule has 0 amide bonds. The van der Waals surface area contributed by atoms with Gasteiger partial charge in [0.05, 0.1) is 64.9 Å². The first-order valence-corrected chi connectivity index (χ1v) is 28.5. The van der Waals surface area contributed by atoms with E-state index < -0.39 is 0 Å². The molecule has 0 spiro atoms. The van der Waals surface area contributed by atoms with Crippen LogP contribution in [-0.2, 0) is 0 Å². The van der Waals surface area contributed by atoms with Crippen LogP contribution in [0.15, 0.2) is 230 Å². The molecule has 0 unspecified atom stereocenters. The maximum absolute atomic E-state index is 5.66. The lowest BCUT2D eigenvalue weighted by atomic mass is 10.1. The van der Waals surface area contributed by atoms with Crippen molar-refractivity contribution in [3.63, 3.8) is 0 Å². The van der Waals surface area contributed by atoms with Gasteiger partial charge in [-0.1, -0.05) is 115 Å². The zero-order valence-electron chi connectivity index (χ0n) is 45.6. The lowest BCUT2D eigenvalue weighted by Gasteiger charge is -2.08. The summed E-state index contributed by atoms with van der Waals surface area (Å²) in [5, 5.41) is 5.93. The molecule has 82 heavy (non-hydrogen) atoms. The van der Waals surface area contributed by atoms with Gasteiger partial charge >= 0.3 is 0 Å². The molecule has 0 aliphatic heterocycles. The minimum Gasteiger partial charge on any atom is -0.452 e. The van der Waals surface area contributed by atoms with Gasteiger partial charge < -0.3 is 13.6 Å². The third-order valence-corrected chi connectivity index (χ3v) is 16.7. The van der Waals surface area contributed by atoms with Gasteiger partial charge in [0.2, 0.25) is 0 Å². The zero-order chi connectivity index (χ0) is 55.7. The number of aromatic nitrogens is 10. The molecule has 0 saturated heterocycles. The SMILES string of the molecule is Cc1ccc2c3ncccc3n(-c3ccccc3)c2c1.Cc1cccc2c3ncccc3n(-c3ccccc3)c12.Cc1ncc2sc3ccccc3c2n1.Cc1ncnc2c1oc1ccccc12.Cc1ncnc2c1sc1ccccc12. The summed E-state index contributed by atoms with van der Waals surface area (Å²) in [7, 11) is 0. The Morgan fingerprint density at radius 2 is 0.976 bits per heavy atom. The fourth-order valence-electron chi connectivity index (χ4n) is 10.6. The maximum atomic E-state index is 5.66. The monoisotopic (exact) mass is 1100 g/mol. The van der Waals surface area contributed by atoms with E-state index in [1.165, 1.54) is 69.2 Å². The van der Waals surface area contributed by atoms with E-state index in [0.29, 0.717) is 0 Å². The minimum absolute atomic E-state index is 0.786. The fourth-order valence-corrected chi connectivity index (χ4v) is 12.7. The van der Waals surface area contributed by atoms with Crippen LogP contribution < -0.4 is 0 Å². The third kappa shape index (κ3) is 9.71. The summed E-state index contributed by atoms with van der Waals surface area (Å²) in [5.74, 6) is 0.834. The Balaban J connectivity index is 0.0000000972. The van der Waals surface area contributed by atoms with Gasteiger partial charge in [-0.05, 0) is 125 Å². The Labute approximate surface area is 479 Å².